The quantitative estimate of drug-likeness (QED) is 0.148. The van der Waals surface area contributed by atoms with Crippen molar-refractivity contribution < 1.29 is 23.9 Å². The number of carbonyl (C=O) groups is 4. The van der Waals surface area contributed by atoms with E-state index in [0.717, 1.165) is 40.1 Å². The van der Waals surface area contributed by atoms with Crippen molar-refractivity contribution in [1.29, 1.82) is 0 Å². The predicted octanol–water partition coefficient (Wildman–Crippen LogP) is 3.43. The molecule has 232 valence electrons. The monoisotopic (exact) mass is 626 g/mol. The number of aryl methyl sites for hydroxylation is 2. The van der Waals surface area contributed by atoms with Crippen LogP contribution in [0.3, 0.4) is 0 Å². The molecule has 4 amide bonds. The van der Waals surface area contributed by atoms with Crippen LogP contribution in [0.15, 0.2) is 72.2 Å². The van der Waals surface area contributed by atoms with Crippen molar-refractivity contribution in [2.24, 2.45) is 7.05 Å². The van der Waals surface area contributed by atoms with Crippen LogP contribution in [-0.2, 0) is 32.6 Å². The van der Waals surface area contributed by atoms with Crippen LogP contribution in [0.4, 0.5) is 0 Å². The molecular weight excluding hydrogens is 592 g/mol. The number of hydrazine groups is 1. The van der Waals surface area contributed by atoms with Crippen molar-refractivity contribution in [3.8, 4) is 21.7 Å². The fourth-order valence-corrected chi connectivity index (χ4v) is 5.77. The van der Waals surface area contributed by atoms with Crippen LogP contribution in [-0.4, -0.2) is 51.7 Å². The first-order valence-corrected chi connectivity index (χ1v) is 15.8. The van der Waals surface area contributed by atoms with E-state index in [1.165, 1.54) is 0 Å². The normalized spacial score (nSPS) is 17.6. The lowest BCUT2D eigenvalue weighted by molar-refractivity contribution is -0.129. The fourth-order valence-electron chi connectivity index (χ4n) is 5.06. The van der Waals surface area contributed by atoms with Gasteiger partial charge < -0.3 is 15.4 Å². The first-order valence-electron chi connectivity index (χ1n) is 14.9. The minimum absolute atomic E-state index is 0.0353. The lowest BCUT2D eigenvalue weighted by atomic mass is 9.97. The molecule has 0 bridgehead atoms. The summed E-state index contributed by atoms with van der Waals surface area (Å²) in [6.45, 7) is 1.94. The van der Waals surface area contributed by atoms with Gasteiger partial charge in [0, 0.05) is 41.7 Å². The zero-order valence-corrected chi connectivity index (χ0v) is 25.7. The maximum absolute atomic E-state index is 13.5. The molecule has 2 aromatic heterocycles. The van der Waals surface area contributed by atoms with E-state index in [1.807, 2.05) is 55.9 Å². The lowest BCUT2D eigenvalue weighted by Gasteiger charge is -2.18. The van der Waals surface area contributed by atoms with Crippen LogP contribution in [0, 0.1) is 0 Å². The summed E-state index contributed by atoms with van der Waals surface area (Å²) in [6.07, 6.45) is 2.35. The van der Waals surface area contributed by atoms with Crippen LogP contribution in [0.25, 0.3) is 21.7 Å². The minimum atomic E-state index is -0.915. The summed E-state index contributed by atoms with van der Waals surface area (Å²) in [6, 6.07) is 19.3. The highest BCUT2D eigenvalue weighted by Crippen LogP contribution is 2.32. The summed E-state index contributed by atoms with van der Waals surface area (Å²) in [5.41, 5.74) is 9.65. The van der Waals surface area contributed by atoms with Gasteiger partial charge in [-0.15, -0.1) is 11.3 Å². The number of nitrogens with one attached hydrogen (secondary N) is 4. The van der Waals surface area contributed by atoms with Crippen molar-refractivity contribution >= 4 is 35.0 Å². The first-order chi connectivity index (χ1) is 21.7. The molecule has 1 saturated carbocycles. The Labute approximate surface area is 264 Å². The average Bonchev–Trinajstić information content (AvgIpc) is 3.93. The molecule has 12 heteroatoms. The van der Waals surface area contributed by atoms with Gasteiger partial charge in [-0.1, -0.05) is 24.3 Å². The molecule has 0 spiro atoms. The van der Waals surface area contributed by atoms with Gasteiger partial charge in [-0.05, 0) is 84.7 Å². The molecule has 1 saturated heterocycles. The van der Waals surface area contributed by atoms with E-state index in [-0.39, 0.29) is 36.7 Å². The molecule has 0 radical (unpaired) electrons. The molecule has 3 atom stereocenters. The number of rotatable bonds is 11. The number of epoxide rings is 1. The summed E-state index contributed by atoms with van der Waals surface area (Å²) in [5.74, 6) is -1.58. The van der Waals surface area contributed by atoms with Crippen molar-refractivity contribution in [3.63, 3.8) is 0 Å². The molecule has 6 rings (SSSR count). The second-order valence-corrected chi connectivity index (χ2v) is 12.3. The van der Waals surface area contributed by atoms with Crippen molar-refractivity contribution in [1.82, 2.24) is 31.3 Å². The van der Waals surface area contributed by atoms with E-state index >= 15 is 0 Å². The standard InChI is InChI=1S/C33H34N6O5S/c1-19(21-16-22(26-13-14-39(2)38-26)18-23(17-21)27-8-5-15-45-27)34-31(41)25-7-4-3-6-20(25)9-12-28(40)36-37-33(43)30-29(44-30)32(42)35-24-10-11-24/h3-8,13-19,24,29-30H,9-12H2,1-2H3,(H,34,41)(H,35,42)(H,36,40)(H,37,43)/t19-,29+,30+/m1/s1. The molecule has 45 heavy (non-hydrogen) atoms. The number of aromatic nitrogens is 2. The van der Waals surface area contributed by atoms with Crippen molar-refractivity contribution in [2.75, 3.05) is 0 Å². The third-order valence-corrected chi connectivity index (χ3v) is 8.68. The molecule has 0 unspecified atom stereocenters. The number of thiophene rings is 1. The van der Waals surface area contributed by atoms with Crippen LogP contribution in [0.1, 0.15) is 53.7 Å². The maximum atomic E-state index is 13.5. The largest absolute Gasteiger partial charge is 0.351 e. The SMILES string of the molecule is C[C@@H](NC(=O)c1ccccc1CCC(=O)NNC(=O)[C@H]1O[C@@H]1C(=O)NC1CC1)c1cc(-c2ccn(C)n2)cc(-c2cccs2)c1. The number of nitrogens with zero attached hydrogens (tertiary/aromatic N) is 2. The third-order valence-electron chi connectivity index (χ3n) is 7.76. The van der Waals surface area contributed by atoms with Crippen LogP contribution >= 0.6 is 11.3 Å². The highest BCUT2D eigenvalue weighted by molar-refractivity contribution is 7.13. The molecule has 1 aliphatic carbocycles. The van der Waals surface area contributed by atoms with Gasteiger partial charge in [-0.3, -0.25) is 34.7 Å². The molecule has 2 fully saturated rings. The minimum Gasteiger partial charge on any atom is -0.351 e. The molecule has 1 aliphatic heterocycles. The number of benzene rings is 2. The van der Waals surface area contributed by atoms with Gasteiger partial charge in [-0.2, -0.15) is 5.10 Å². The fraction of sp³-hybridized carbons (Fsp3) is 0.303. The number of amides is 4. The second-order valence-electron chi connectivity index (χ2n) is 11.3. The Hall–Kier alpha value is -4.81. The Balaban J connectivity index is 1.06. The Morgan fingerprint density at radius 1 is 0.978 bits per heavy atom. The summed E-state index contributed by atoms with van der Waals surface area (Å²) in [4.78, 5) is 51.4. The molecular formula is C33H34N6O5S. The van der Waals surface area contributed by atoms with Crippen LogP contribution in [0.2, 0.25) is 0 Å². The van der Waals surface area contributed by atoms with Crippen LogP contribution in [0.5, 0.6) is 0 Å². The van der Waals surface area contributed by atoms with Gasteiger partial charge in [0.2, 0.25) is 5.91 Å². The van der Waals surface area contributed by atoms with E-state index in [9.17, 15) is 19.2 Å². The zero-order valence-electron chi connectivity index (χ0n) is 24.9. The number of carbonyl (C=O) groups excluding carboxylic acids is 4. The smallest absolute Gasteiger partial charge is 0.270 e. The van der Waals surface area contributed by atoms with Crippen LogP contribution < -0.4 is 21.5 Å². The molecule has 11 nitrogen and oxygen atoms in total. The van der Waals surface area contributed by atoms with Gasteiger partial charge in [-0.25, -0.2) is 0 Å². The predicted molar refractivity (Wildman–Crippen MR) is 169 cm³/mol. The van der Waals surface area contributed by atoms with Gasteiger partial charge in [0.1, 0.15) is 0 Å². The summed E-state index contributed by atoms with van der Waals surface area (Å²) >= 11 is 1.65. The van der Waals surface area contributed by atoms with Gasteiger partial charge in [0.15, 0.2) is 12.2 Å². The maximum Gasteiger partial charge on any atom is 0.270 e. The van der Waals surface area contributed by atoms with Gasteiger partial charge in [0.05, 0.1) is 11.7 Å². The Morgan fingerprint density at radius 2 is 1.76 bits per heavy atom. The molecule has 4 N–H and O–H groups in total. The first kappa shape index (κ1) is 30.2. The summed E-state index contributed by atoms with van der Waals surface area (Å²) in [5, 5.41) is 12.5. The Kier molecular flexibility index (Phi) is 8.76. The van der Waals surface area contributed by atoms with Gasteiger partial charge >= 0.3 is 0 Å². The molecule has 4 aromatic rings. The summed E-state index contributed by atoms with van der Waals surface area (Å²) in [7, 11) is 1.88. The highest BCUT2D eigenvalue weighted by Gasteiger charge is 2.51. The molecule has 2 aliphatic rings. The molecule has 3 heterocycles. The lowest BCUT2D eigenvalue weighted by Crippen LogP contribution is -2.45. The van der Waals surface area contributed by atoms with E-state index in [0.29, 0.717) is 11.1 Å². The van der Waals surface area contributed by atoms with E-state index < -0.39 is 24.0 Å². The number of hydrogen-bond donors (Lipinski definition) is 4. The Morgan fingerprint density at radius 3 is 2.49 bits per heavy atom. The number of hydrogen-bond acceptors (Lipinski definition) is 7. The number of ether oxygens (including phenoxy) is 1. The van der Waals surface area contributed by atoms with Crippen molar-refractivity contribution in [3.05, 3.63) is 88.9 Å². The molecule has 2 aromatic carbocycles. The van der Waals surface area contributed by atoms with Gasteiger partial charge in [0.25, 0.3) is 17.7 Å². The van der Waals surface area contributed by atoms with E-state index in [4.69, 9.17) is 4.74 Å². The Bertz CT molecular complexity index is 1730. The third kappa shape index (κ3) is 7.47. The highest BCUT2D eigenvalue weighted by atomic mass is 32.1. The van der Waals surface area contributed by atoms with E-state index in [1.54, 1.807) is 28.2 Å². The second kappa shape index (κ2) is 13.0. The van der Waals surface area contributed by atoms with Crippen molar-refractivity contribution in [2.45, 2.75) is 56.9 Å². The van der Waals surface area contributed by atoms with E-state index in [2.05, 4.69) is 44.8 Å². The topological polar surface area (TPSA) is 147 Å². The summed E-state index contributed by atoms with van der Waals surface area (Å²) < 4.78 is 6.93. The average molecular weight is 627 g/mol. The zero-order chi connectivity index (χ0) is 31.5.